The van der Waals surface area contributed by atoms with Crippen molar-refractivity contribution in [2.75, 3.05) is 13.2 Å². The van der Waals surface area contributed by atoms with Gasteiger partial charge < -0.3 is 16.2 Å². The van der Waals surface area contributed by atoms with E-state index in [4.69, 9.17) is 10.8 Å². The second-order valence-electron chi connectivity index (χ2n) is 6.55. The summed E-state index contributed by atoms with van der Waals surface area (Å²) in [6.45, 7) is 10.8. The summed E-state index contributed by atoms with van der Waals surface area (Å²) >= 11 is 0. The highest BCUT2D eigenvalue weighted by Gasteiger charge is 2.28. The fourth-order valence-electron chi connectivity index (χ4n) is 1.48. The van der Waals surface area contributed by atoms with Crippen LogP contribution in [-0.2, 0) is 4.79 Å². The molecule has 0 radical (unpaired) electrons. The Morgan fingerprint density at radius 1 is 1.29 bits per heavy atom. The third-order valence-corrected chi connectivity index (χ3v) is 2.97. The van der Waals surface area contributed by atoms with Crippen LogP contribution in [0.1, 0.15) is 47.5 Å². The minimum absolute atomic E-state index is 0.00397. The van der Waals surface area contributed by atoms with E-state index in [1.807, 2.05) is 20.8 Å². The molecule has 0 aromatic heterocycles. The molecule has 0 spiro atoms. The predicted molar refractivity (Wildman–Crippen MR) is 70.5 cm³/mol. The highest BCUT2D eigenvalue weighted by molar-refractivity contribution is 5.82. The van der Waals surface area contributed by atoms with Crippen molar-refractivity contribution < 1.29 is 9.90 Å². The molecule has 4 nitrogen and oxygen atoms in total. The Kier molecular flexibility index (Phi) is 6.13. The van der Waals surface area contributed by atoms with Crippen LogP contribution in [-0.4, -0.2) is 30.2 Å². The molecule has 0 aromatic carbocycles. The van der Waals surface area contributed by atoms with Crippen molar-refractivity contribution >= 4 is 5.91 Å². The van der Waals surface area contributed by atoms with E-state index in [0.717, 1.165) is 12.8 Å². The van der Waals surface area contributed by atoms with Gasteiger partial charge in [-0.05, 0) is 23.7 Å². The molecule has 17 heavy (non-hydrogen) atoms. The molecule has 0 rings (SSSR count). The Morgan fingerprint density at radius 2 is 1.82 bits per heavy atom. The second-order valence-corrected chi connectivity index (χ2v) is 6.55. The number of rotatable bonds is 6. The van der Waals surface area contributed by atoms with Gasteiger partial charge in [-0.15, -0.1) is 0 Å². The van der Waals surface area contributed by atoms with Crippen molar-refractivity contribution in [2.45, 2.75) is 53.5 Å². The Labute approximate surface area is 105 Å². The molecule has 1 atom stereocenters. The van der Waals surface area contributed by atoms with Crippen molar-refractivity contribution in [3.63, 3.8) is 0 Å². The molecule has 0 aliphatic rings. The summed E-state index contributed by atoms with van der Waals surface area (Å²) in [6, 6.07) is -0.490. The number of hydrogen-bond donors (Lipinski definition) is 3. The Morgan fingerprint density at radius 3 is 2.24 bits per heavy atom. The lowest BCUT2D eigenvalue weighted by Gasteiger charge is -2.29. The lowest BCUT2D eigenvalue weighted by atomic mass is 9.85. The van der Waals surface area contributed by atoms with E-state index in [2.05, 4.69) is 19.2 Å². The van der Waals surface area contributed by atoms with Gasteiger partial charge in [0.25, 0.3) is 0 Å². The SMILES string of the molecule is CC(C)(CCCO)CNC(=O)[C@H](N)C(C)(C)C. The van der Waals surface area contributed by atoms with Gasteiger partial charge in [-0.1, -0.05) is 34.6 Å². The van der Waals surface area contributed by atoms with Crippen LogP contribution >= 0.6 is 0 Å². The Bertz CT molecular complexity index is 244. The molecule has 0 saturated carbocycles. The number of hydrogen-bond acceptors (Lipinski definition) is 3. The van der Waals surface area contributed by atoms with E-state index in [9.17, 15) is 4.79 Å². The summed E-state index contributed by atoms with van der Waals surface area (Å²) in [6.07, 6.45) is 1.64. The van der Waals surface area contributed by atoms with Crippen LogP contribution in [0.15, 0.2) is 0 Å². The summed E-state index contributed by atoms with van der Waals surface area (Å²) in [4.78, 5) is 11.8. The van der Waals surface area contributed by atoms with E-state index in [1.165, 1.54) is 0 Å². The summed E-state index contributed by atoms with van der Waals surface area (Å²) in [5.74, 6) is -0.102. The summed E-state index contributed by atoms with van der Waals surface area (Å²) in [5.41, 5.74) is 5.64. The molecule has 0 bridgehead atoms. The first-order valence-electron chi connectivity index (χ1n) is 6.24. The molecule has 0 unspecified atom stereocenters. The lowest BCUT2D eigenvalue weighted by molar-refractivity contribution is -0.125. The van der Waals surface area contributed by atoms with Gasteiger partial charge in [-0.3, -0.25) is 4.79 Å². The summed E-state index contributed by atoms with van der Waals surface area (Å²) in [7, 11) is 0. The topological polar surface area (TPSA) is 75.3 Å². The number of aliphatic hydroxyl groups excluding tert-OH is 1. The quantitative estimate of drug-likeness (QED) is 0.658. The van der Waals surface area contributed by atoms with Gasteiger partial charge in [0.1, 0.15) is 0 Å². The standard InChI is InChI=1S/C13H28N2O2/c1-12(2,3)10(14)11(17)15-9-13(4,5)7-6-8-16/h10,16H,6-9,14H2,1-5H3,(H,15,17)/t10-/m0/s1. The van der Waals surface area contributed by atoms with Crippen molar-refractivity contribution in [2.24, 2.45) is 16.6 Å². The average Bonchev–Trinajstić information content (AvgIpc) is 2.21. The fraction of sp³-hybridized carbons (Fsp3) is 0.923. The molecule has 0 aliphatic carbocycles. The molecule has 1 amide bonds. The van der Waals surface area contributed by atoms with Crippen LogP contribution in [0.5, 0.6) is 0 Å². The molecule has 4 heteroatoms. The molecule has 0 aromatic rings. The van der Waals surface area contributed by atoms with Crippen molar-refractivity contribution in [1.29, 1.82) is 0 Å². The van der Waals surface area contributed by atoms with Crippen LogP contribution in [0.25, 0.3) is 0 Å². The molecule has 4 N–H and O–H groups in total. The van der Waals surface area contributed by atoms with Crippen LogP contribution in [0.2, 0.25) is 0 Å². The van der Waals surface area contributed by atoms with E-state index in [1.54, 1.807) is 0 Å². The maximum absolute atomic E-state index is 11.8. The lowest BCUT2D eigenvalue weighted by Crippen LogP contribution is -2.50. The zero-order chi connectivity index (χ0) is 13.7. The first-order chi connectivity index (χ1) is 7.60. The highest BCUT2D eigenvalue weighted by Crippen LogP contribution is 2.22. The molecule has 0 heterocycles. The van der Waals surface area contributed by atoms with Gasteiger partial charge in [0.2, 0.25) is 5.91 Å². The number of aliphatic hydroxyl groups is 1. The van der Waals surface area contributed by atoms with Gasteiger partial charge in [0, 0.05) is 13.2 Å². The van der Waals surface area contributed by atoms with E-state index < -0.39 is 6.04 Å². The number of nitrogens with two attached hydrogens (primary N) is 1. The normalized spacial score (nSPS) is 14.5. The third-order valence-electron chi connectivity index (χ3n) is 2.97. The fourth-order valence-corrected chi connectivity index (χ4v) is 1.48. The van der Waals surface area contributed by atoms with Gasteiger partial charge in [-0.2, -0.15) is 0 Å². The van der Waals surface area contributed by atoms with Crippen molar-refractivity contribution in [3.8, 4) is 0 Å². The smallest absolute Gasteiger partial charge is 0.237 e. The summed E-state index contributed by atoms with van der Waals surface area (Å²) in [5, 5.41) is 11.7. The average molecular weight is 244 g/mol. The number of amides is 1. The molecular formula is C13H28N2O2. The van der Waals surface area contributed by atoms with Gasteiger partial charge in [0.15, 0.2) is 0 Å². The van der Waals surface area contributed by atoms with E-state index in [0.29, 0.717) is 6.54 Å². The highest BCUT2D eigenvalue weighted by atomic mass is 16.2. The minimum atomic E-state index is -0.490. The molecule has 0 fully saturated rings. The summed E-state index contributed by atoms with van der Waals surface area (Å²) < 4.78 is 0. The molecule has 102 valence electrons. The van der Waals surface area contributed by atoms with Gasteiger partial charge in [0.05, 0.1) is 6.04 Å². The van der Waals surface area contributed by atoms with Crippen molar-refractivity contribution in [1.82, 2.24) is 5.32 Å². The molecule has 0 aliphatic heterocycles. The van der Waals surface area contributed by atoms with Gasteiger partial charge >= 0.3 is 0 Å². The van der Waals surface area contributed by atoms with Crippen molar-refractivity contribution in [3.05, 3.63) is 0 Å². The molecular weight excluding hydrogens is 216 g/mol. The first-order valence-corrected chi connectivity index (χ1v) is 6.24. The van der Waals surface area contributed by atoms with E-state index >= 15 is 0 Å². The number of carbonyl (C=O) groups excluding carboxylic acids is 1. The van der Waals surface area contributed by atoms with Crippen LogP contribution in [0, 0.1) is 10.8 Å². The third kappa shape index (κ3) is 6.64. The van der Waals surface area contributed by atoms with Crippen LogP contribution < -0.4 is 11.1 Å². The maximum atomic E-state index is 11.8. The number of nitrogens with one attached hydrogen (secondary N) is 1. The largest absolute Gasteiger partial charge is 0.396 e. The van der Waals surface area contributed by atoms with Crippen LogP contribution in [0.4, 0.5) is 0 Å². The monoisotopic (exact) mass is 244 g/mol. The zero-order valence-electron chi connectivity index (χ0n) is 11.8. The Hall–Kier alpha value is -0.610. The maximum Gasteiger partial charge on any atom is 0.237 e. The minimum Gasteiger partial charge on any atom is -0.396 e. The molecule has 0 saturated heterocycles. The van der Waals surface area contributed by atoms with Crippen LogP contribution in [0.3, 0.4) is 0 Å². The van der Waals surface area contributed by atoms with Gasteiger partial charge in [-0.25, -0.2) is 0 Å². The Balaban J connectivity index is 4.15. The predicted octanol–water partition coefficient (Wildman–Crippen LogP) is 1.27. The second kappa shape index (κ2) is 6.36. The first kappa shape index (κ1) is 16.4. The van der Waals surface area contributed by atoms with E-state index in [-0.39, 0.29) is 23.3 Å². The number of carbonyl (C=O) groups is 1. The zero-order valence-corrected chi connectivity index (χ0v) is 11.8.